The molecule has 2 aliphatic heterocycles. The summed E-state index contributed by atoms with van der Waals surface area (Å²) in [6.45, 7) is 0. The van der Waals surface area contributed by atoms with Crippen LogP contribution in [0.25, 0.3) is 0 Å². The van der Waals surface area contributed by atoms with Crippen LogP contribution in [0, 0.1) is 0 Å². The maximum atomic E-state index is 3.51. The van der Waals surface area contributed by atoms with Crippen LogP contribution in [0.3, 0.4) is 0 Å². The lowest BCUT2D eigenvalue weighted by molar-refractivity contribution is 0.0537. The van der Waals surface area contributed by atoms with Gasteiger partial charge in [0, 0.05) is 29.4 Å². The van der Waals surface area contributed by atoms with Crippen molar-refractivity contribution in [2.24, 2.45) is 0 Å². The second-order valence-electron chi connectivity index (χ2n) is 6.46. The van der Waals surface area contributed by atoms with Gasteiger partial charge in [0.25, 0.3) is 0 Å². The van der Waals surface area contributed by atoms with E-state index in [4.69, 9.17) is 0 Å². The van der Waals surface area contributed by atoms with Crippen molar-refractivity contribution in [3.63, 3.8) is 0 Å². The third-order valence-electron chi connectivity index (χ3n) is 5.60. The van der Waals surface area contributed by atoms with Gasteiger partial charge in [-0.3, -0.25) is 4.90 Å². The summed E-state index contributed by atoms with van der Waals surface area (Å²) in [7, 11) is 2.14. The quantitative estimate of drug-likeness (QED) is 0.847. The van der Waals surface area contributed by atoms with Crippen LogP contribution in [0.1, 0.15) is 51.4 Å². The number of rotatable bonds is 3. The van der Waals surface area contributed by atoms with E-state index in [-0.39, 0.29) is 0 Å². The number of piperidine rings is 1. The van der Waals surface area contributed by atoms with Crippen molar-refractivity contribution in [3.05, 3.63) is 0 Å². The molecule has 3 rings (SSSR count). The predicted octanol–water partition coefficient (Wildman–Crippen LogP) is 2.88. The van der Waals surface area contributed by atoms with E-state index in [9.17, 15) is 0 Å². The molecule has 2 heterocycles. The highest BCUT2D eigenvalue weighted by Crippen LogP contribution is 2.41. The van der Waals surface area contributed by atoms with E-state index in [1.165, 1.54) is 51.4 Å². The molecular weight excluding hydrogens is 240 g/mol. The summed E-state index contributed by atoms with van der Waals surface area (Å²) in [6.07, 6.45) is 13.8. The van der Waals surface area contributed by atoms with Crippen LogP contribution < -0.4 is 5.32 Å². The minimum atomic E-state index is 0.793. The van der Waals surface area contributed by atoms with Gasteiger partial charge in [-0.25, -0.2) is 0 Å². The number of nitrogens with one attached hydrogen (secondary N) is 1. The van der Waals surface area contributed by atoms with Gasteiger partial charge < -0.3 is 5.32 Å². The number of fused-ring (bicyclic) bond motifs is 2. The molecule has 2 unspecified atom stereocenters. The van der Waals surface area contributed by atoms with Gasteiger partial charge >= 0.3 is 0 Å². The van der Waals surface area contributed by atoms with E-state index in [1.807, 2.05) is 0 Å². The molecule has 104 valence electrons. The smallest absolute Gasteiger partial charge is 0.0116 e. The van der Waals surface area contributed by atoms with Gasteiger partial charge in [-0.05, 0) is 64.7 Å². The summed E-state index contributed by atoms with van der Waals surface area (Å²) in [5, 5.41) is 4.47. The Bertz CT molecular complexity index is 262. The van der Waals surface area contributed by atoms with E-state index in [1.54, 1.807) is 0 Å². The molecule has 0 aromatic carbocycles. The fourth-order valence-corrected chi connectivity index (χ4v) is 5.37. The maximum Gasteiger partial charge on any atom is 0.0116 e. The highest BCUT2D eigenvalue weighted by Gasteiger charge is 2.43. The van der Waals surface area contributed by atoms with Crippen molar-refractivity contribution in [1.29, 1.82) is 0 Å². The largest absolute Gasteiger partial charge is 0.317 e. The van der Waals surface area contributed by atoms with E-state index in [0.717, 1.165) is 29.4 Å². The highest BCUT2D eigenvalue weighted by molar-refractivity contribution is 7.99. The second-order valence-corrected chi connectivity index (χ2v) is 7.59. The molecule has 3 heteroatoms. The minimum absolute atomic E-state index is 0.793. The van der Waals surface area contributed by atoms with E-state index in [2.05, 4.69) is 35.3 Å². The third kappa shape index (κ3) is 2.46. The Morgan fingerprint density at radius 3 is 1.94 bits per heavy atom. The summed E-state index contributed by atoms with van der Waals surface area (Å²) in [5.74, 6) is 0. The van der Waals surface area contributed by atoms with Crippen molar-refractivity contribution in [3.8, 4) is 0 Å². The van der Waals surface area contributed by atoms with Crippen LogP contribution in [0.2, 0.25) is 0 Å². The third-order valence-corrected chi connectivity index (χ3v) is 6.73. The first-order chi connectivity index (χ1) is 8.81. The summed E-state index contributed by atoms with van der Waals surface area (Å²) >= 11 is 2.09. The van der Waals surface area contributed by atoms with Crippen molar-refractivity contribution in [2.75, 3.05) is 13.3 Å². The minimum Gasteiger partial charge on any atom is -0.317 e. The molecular formula is C15H28N2S. The molecule has 18 heavy (non-hydrogen) atoms. The molecule has 0 radical (unpaired) electrons. The van der Waals surface area contributed by atoms with Crippen LogP contribution in [0.5, 0.6) is 0 Å². The van der Waals surface area contributed by atoms with Gasteiger partial charge in [0.05, 0.1) is 0 Å². The molecule has 0 spiro atoms. The summed E-state index contributed by atoms with van der Waals surface area (Å²) < 4.78 is 0. The van der Waals surface area contributed by atoms with Gasteiger partial charge in [-0.2, -0.15) is 11.8 Å². The molecule has 1 N–H and O–H groups in total. The molecule has 1 saturated carbocycles. The van der Waals surface area contributed by atoms with E-state index in [0.29, 0.717) is 0 Å². The standard InChI is InChI=1S/C15H28N2S/c1-16-11-9-13-3-4-14(10-11)17(13)12-5-7-15(18-2)8-6-12/h11-16H,3-10H2,1-2H3. The molecule has 3 aliphatic rings. The number of thioether (sulfide) groups is 1. The molecule has 2 nitrogen and oxygen atoms in total. The molecule has 0 amide bonds. The molecule has 2 bridgehead atoms. The predicted molar refractivity (Wildman–Crippen MR) is 80.3 cm³/mol. The molecule has 0 aromatic rings. The fourth-order valence-electron chi connectivity index (χ4n) is 4.62. The monoisotopic (exact) mass is 268 g/mol. The molecule has 0 aromatic heterocycles. The fraction of sp³-hybridized carbons (Fsp3) is 1.00. The number of nitrogens with zero attached hydrogens (tertiary/aromatic N) is 1. The normalized spacial score (nSPS) is 45.3. The van der Waals surface area contributed by atoms with Crippen molar-refractivity contribution >= 4 is 11.8 Å². The zero-order chi connectivity index (χ0) is 12.5. The Morgan fingerprint density at radius 1 is 0.889 bits per heavy atom. The van der Waals surface area contributed by atoms with Crippen LogP contribution in [-0.4, -0.2) is 47.6 Å². The van der Waals surface area contributed by atoms with Gasteiger partial charge in [0.2, 0.25) is 0 Å². The Morgan fingerprint density at radius 2 is 1.44 bits per heavy atom. The Hall–Kier alpha value is 0.270. The van der Waals surface area contributed by atoms with Gasteiger partial charge in [-0.1, -0.05) is 0 Å². The van der Waals surface area contributed by atoms with Crippen molar-refractivity contribution in [1.82, 2.24) is 10.2 Å². The Kier molecular flexibility index (Phi) is 4.21. The van der Waals surface area contributed by atoms with Crippen LogP contribution in [0.15, 0.2) is 0 Å². The SMILES string of the molecule is CNC1CC2CCC(C1)N2C1CCC(SC)CC1. The number of hydrogen-bond donors (Lipinski definition) is 1. The summed E-state index contributed by atoms with van der Waals surface area (Å²) in [4.78, 5) is 2.95. The average Bonchev–Trinajstić information content (AvgIpc) is 2.69. The Balaban J connectivity index is 1.61. The molecule has 1 aliphatic carbocycles. The zero-order valence-electron chi connectivity index (χ0n) is 11.9. The first-order valence-corrected chi connectivity index (χ1v) is 9.08. The van der Waals surface area contributed by atoms with Crippen LogP contribution >= 0.6 is 11.8 Å². The highest BCUT2D eigenvalue weighted by atomic mass is 32.2. The molecule has 3 fully saturated rings. The van der Waals surface area contributed by atoms with Gasteiger partial charge in [0.1, 0.15) is 0 Å². The van der Waals surface area contributed by atoms with E-state index >= 15 is 0 Å². The maximum absolute atomic E-state index is 3.51. The lowest BCUT2D eigenvalue weighted by atomic mass is 9.88. The first-order valence-electron chi connectivity index (χ1n) is 7.79. The molecule has 2 atom stereocenters. The lowest BCUT2D eigenvalue weighted by Crippen LogP contribution is -2.53. The van der Waals surface area contributed by atoms with Gasteiger partial charge in [0.15, 0.2) is 0 Å². The second kappa shape index (κ2) is 5.72. The van der Waals surface area contributed by atoms with Crippen molar-refractivity contribution < 1.29 is 0 Å². The summed E-state index contributed by atoms with van der Waals surface area (Å²) in [5.41, 5.74) is 0. The zero-order valence-corrected chi connectivity index (χ0v) is 12.7. The topological polar surface area (TPSA) is 15.3 Å². The lowest BCUT2D eigenvalue weighted by Gasteiger charge is -2.45. The Labute approximate surface area is 116 Å². The van der Waals surface area contributed by atoms with Crippen molar-refractivity contribution in [2.45, 2.75) is 80.8 Å². The van der Waals surface area contributed by atoms with E-state index < -0.39 is 0 Å². The molecule has 2 saturated heterocycles. The average molecular weight is 268 g/mol. The summed E-state index contributed by atoms with van der Waals surface area (Å²) in [6, 6.07) is 3.51. The van der Waals surface area contributed by atoms with Crippen LogP contribution in [-0.2, 0) is 0 Å². The first kappa shape index (κ1) is 13.3. The van der Waals surface area contributed by atoms with Gasteiger partial charge in [-0.15, -0.1) is 0 Å². The van der Waals surface area contributed by atoms with Crippen LogP contribution in [0.4, 0.5) is 0 Å². The number of hydrogen-bond acceptors (Lipinski definition) is 3.